The molecule has 4 nitrogen and oxygen atoms in total. The summed E-state index contributed by atoms with van der Waals surface area (Å²) in [4.78, 5) is 13.6. The summed E-state index contributed by atoms with van der Waals surface area (Å²) in [7, 11) is 3.47. The predicted molar refractivity (Wildman–Crippen MR) is 72.2 cm³/mol. The molecule has 0 atom stereocenters. The molecule has 0 saturated carbocycles. The van der Waals surface area contributed by atoms with Gasteiger partial charge < -0.3 is 16.0 Å². The van der Waals surface area contributed by atoms with Crippen molar-refractivity contribution in [3.05, 3.63) is 23.8 Å². The fourth-order valence-electron chi connectivity index (χ4n) is 1.50. The van der Waals surface area contributed by atoms with Gasteiger partial charge >= 0.3 is 0 Å². The van der Waals surface area contributed by atoms with Crippen LogP contribution in [-0.4, -0.2) is 30.4 Å². The summed E-state index contributed by atoms with van der Waals surface area (Å²) in [5.41, 5.74) is 7.70. The Labute approximate surface area is 103 Å². The van der Waals surface area contributed by atoms with E-state index in [2.05, 4.69) is 5.32 Å². The molecule has 0 bridgehead atoms. The van der Waals surface area contributed by atoms with E-state index in [-0.39, 0.29) is 11.4 Å². The molecule has 4 heteroatoms. The fourth-order valence-corrected chi connectivity index (χ4v) is 1.50. The van der Waals surface area contributed by atoms with Crippen molar-refractivity contribution in [1.82, 2.24) is 4.90 Å². The smallest absolute Gasteiger partial charge is 0.255 e. The molecule has 0 radical (unpaired) electrons. The van der Waals surface area contributed by atoms with Gasteiger partial charge in [-0.3, -0.25) is 4.79 Å². The Morgan fingerprint density at radius 3 is 2.35 bits per heavy atom. The Hall–Kier alpha value is -1.71. The lowest BCUT2D eigenvalue weighted by atomic mass is 10.1. The quantitative estimate of drug-likeness (QED) is 0.772. The van der Waals surface area contributed by atoms with E-state index < -0.39 is 0 Å². The Morgan fingerprint density at radius 2 is 1.88 bits per heavy atom. The molecule has 0 spiro atoms. The predicted octanol–water partition coefficient (Wildman–Crippen LogP) is 2.18. The van der Waals surface area contributed by atoms with Crippen LogP contribution in [0.3, 0.4) is 0 Å². The largest absolute Gasteiger partial charge is 0.399 e. The summed E-state index contributed by atoms with van der Waals surface area (Å²) in [5.74, 6) is -0.0308. The van der Waals surface area contributed by atoms with Gasteiger partial charge in [-0.25, -0.2) is 0 Å². The molecule has 1 rings (SSSR count). The monoisotopic (exact) mass is 235 g/mol. The Kier molecular flexibility index (Phi) is 3.66. The number of carbonyl (C=O) groups excluding carboxylic acids is 1. The number of nitrogen functional groups attached to an aromatic ring is 1. The highest BCUT2D eigenvalue weighted by molar-refractivity contribution is 6.00. The maximum absolute atomic E-state index is 12.0. The van der Waals surface area contributed by atoms with E-state index in [0.29, 0.717) is 11.3 Å². The van der Waals surface area contributed by atoms with Crippen LogP contribution in [0.4, 0.5) is 11.4 Å². The molecule has 17 heavy (non-hydrogen) atoms. The van der Waals surface area contributed by atoms with Crippen LogP contribution in [0.2, 0.25) is 0 Å². The summed E-state index contributed by atoms with van der Waals surface area (Å²) in [6, 6.07) is 5.29. The minimum atomic E-state index is -0.116. The van der Waals surface area contributed by atoms with Gasteiger partial charge in [0.05, 0.1) is 5.56 Å². The van der Waals surface area contributed by atoms with Crippen molar-refractivity contribution >= 4 is 17.3 Å². The van der Waals surface area contributed by atoms with E-state index in [4.69, 9.17) is 5.73 Å². The number of amides is 1. The lowest BCUT2D eigenvalue weighted by Crippen LogP contribution is -2.29. The van der Waals surface area contributed by atoms with Crippen LogP contribution in [0.1, 0.15) is 31.1 Å². The third kappa shape index (κ3) is 3.66. The number of benzene rings is 1. The van der Waals surface area contributed by atoms with E-state index in [0.717, 1.165) is 5.69 Å². The molecule has 94 valence electrons. The third-order valence-corrected chi connectivity index (χ3v) is 2.19. The topological polar surface area (TPSA) is 58.4 Å². The number of hydrogen-bond donors (Lipinski definition) is 2. The lowest BCUT2D eigenvalue weighted by molar-refractivity contribution is 0.0828. The van der Waals surface area contributed by atoms with Crippen LogP contribution in [0.15, 0.2) is 18.2 Å². The molecule has 0 heterocycles. The van der Waals surface area contributed by atoms with Crippen LogP contribution in [-0.2, 0) is 0 Å². The average Bonchev–Trinajstić information content (AvgIpc) is 2.14. The molecule has 3 N–H and O–H groups in total. The second-order valence-electron chi connectivity index (χ2n) is 5.38. The van der Waals surface area contributed by atoms with Gasteiger partial charge in [0.2, 0.25) is 0 Å². The van der Waals surface area contributed by atoms with Crippen molar-refractivity contribution in [2.24, 2.45) is 0 Å². The van der Waals surface area contributed by atoms with Crippen LogP contribution in [0, 0.1) is 0 Å². The van der Waals surface area contributed by atoms with E-state index in [9.17, 15) is 4.79 Å². The molecule has 0 saturated heterocycles. The van der Waals surface area contributed by atoms with Crippen LogP contribution < -0.4 is 11.1 Å². The van der Waals surface area contributed by atoms with Crippen LogP contribution >= 0.6 is 0 Å². The second kappa shape index (κ2) is 4.65. The minimum absolute atomic E-state index is 0.0308. The maximum Gasteiger partial charge on any atom is 0.255 e. The van der Waals surface area contributed by atoms with Gasteiger partial charge in [0.25, 0.3) is 5.91 Å². The molecule has 0 aliphatic rings. The van der Waals surface area contributed by atoms with Gasteiger partial charge in [-0.05, 0) is 39.0 Å². The van der Waals surface area contributed by atoms with Gasteiger partial charge in [0.15, 0.2) is 0 Å². The Balaban J connectivity index is 3.17. The molecule has 1 aromatic carbocycles. The van der Waals surface area contributed by atoms with Gasteiger partial charge in [-0.15, -0.1) is 0 Å². The van der Waals surface area contributed by atoms with Crippen molar-refractivity contribution in [2.45, 2.75) is 26.3 Å². The first-order chi connectivity index (χ1) is 7.70. The van der Waals surface area contributed by atoms with Crippen molar-refractivity contribution in [3.63, 3.8) is 0 Å². The zero-order valence-electron chi connectivity index (χ0n) is 11.2. The van der Waals surface area contributed by atoms with Gasteiger partial charge in [-0.2, -0.15) is 0 Å². The Morgan fingerprint density at radius 1 is 1.29 bits per heavy atom. The molecule has 1 amide bonds. The standard InChI is InChI=1S/C13H21N3O/c1-13(2,3)15-11-8-9(14)6-7-10(11)12(17)16(4)5/h6-8,15H,14H2,1-5H3. The molecule has 1 aromatic rings. The number of rotatable bonds is 2. The normalized spacial score (nSPS) is 11.1. The van der Waals surface area contributed by atoms with Gasteiger partial charge in [0.1, 0.15) is 0 Å². The molecule has 0 unspecified atom stereocenters. The first-order valence-electron chi connectivity index (χ1n) is 5.60. The maximum atomic E-state index is 12.0. The zero-order chi connectivity index (χ0) is 13.2. The summed E-state index contributed by atoms with van der Waals surface area (Å²) in [6.45, 7) is 6.13. The van der Waals surface area contributed by atoms with Crippen molar-refractivity contribution in [1.29, 1.82) is 0 Å². The molecule has 0 aliphatic carbocycles. The van der Waals surface area contributed by atoms with Gasteiger partial charge in [0, 0.05) is 31.0 Å². The number of nitrogens with two attached hydrogens (primary N) is 1. The minimum Gasteiger partial charge on any atom is -0.399 e. The van der Waals surface area contributed by atoms with Crippen LogP contribution in [0.25, 0.3) is 0 Å². The van der Waals surface area contributed by atoms with Crippen molar-refractivity contribution in [3.8, 4) is 0 Å². The fraction of sp³-hybridized carbons (Fsp3) is 0.462. The number of hydrogen-bond acceptors (Lipinski definition) is 3. The molecule has 0 aliphatic heterocycles. The molecule has 0 aromatic heterocycles. The summed E-state index contributed by atoms with van der Waals surface area (Å²) >= 11 is 0. The van der Waals surface area contributed by atoms with Crippen molar-refractivity contribution < 1.29 is 4.79 Å². The number of carbonyl (C=O) groups is 1. The lowest BCUT2D eigenvalue weighted by Gasteiger charge is -2.25. The number of nitrogens with zero attached hydrogens (tertiary/aromatic N) is 1. The highest BCUT2D eigenvalue weighted by Crippen LogP contribution is 2.23. The molecular formula is C13H21N3O. The molecular weight excluding hydrogens is 214 g/mol. The van der Waals surface area contributed by atoms with E-state index >= 15 is 0 Å². The first-order valence-corrected chi connectivity index (χ1v) is 5.60. The van der Waals surface area contributed by atoms with E-state index in [1.807, 2.05) is 20.8 Å². The summed E-state index contributed by atoms with van der Waals surface area (Å²) in [5, 5.41) is 3.30. The average molecular weight is 235 g/mol. The highest BCUT2D eigenvalue weighted by Gasteiger charge is 2.17. The summed E-state index contributed by atoms with van der Waals surface area (Å²) < 4.78 is 0. The first kappa shape index (κ1) is 13.4. The van der Waals surface area contributed by atoms with Crippen LogP contribution in [0.5, 0.6) is 0 Å². The van der Waals surface area contributed by atoms with E-state index in [1.165, 1.54) is 0 Å². The van der Waals surface area contributed by atoms with Crippen molar-refractivity contribution in [2.75, 3.05) is 25.1 Å². The number of nitrogens with one attached hydrogen (secondary N) is 1. The number of anilines is 2. The second-order valence-corrected chi connectivity index (χ2v) is 5.38. The van der Waals surface area contributed by atoms with Gasteiger partial charge in [-0.1, -0.05) is 0 Å². The highest BCUT2D eigenvalue weighted by atomic mass is 16.2. The zero-order valence-corrected chi connectivity index (χ0v) is 11.2. The van der Waals surface area contributed by atoms with E-state index in [1.54, 1.807) is 37.2 Å². The summed E-state index contributed by atoms with van der Waals surface area (Å²) in [6.07, 6.45) is 0. The Bertz CT molecular complexity index is 419. The third-order valence-electron chi connectivity index (χ3n) is 2.19. The molecule has 0 fully saturated rings. The SMILES string of the molecule is CN(C)C(=O)c1ccc(N)cc1NC(C)(C)C.